The third kappa shape index (κ3) is 2.32. The smallest absolute Gasteiger partial charge is 0.189 e. The van der Waals surface area contributed by atoms with Gasteiger partial charge in [-0.1, -0.05) is 38.3 Å². The van der Waals surface area contributed by atoms with Crippen LogP contribution in [0.15, 0.2) is 29.1 Å². The van der Waals surface area contributed by atoms with E-state index in [1.165, 1.54) is 31.2 Å². The fraction of sp³-hybridized carbons (Fsp3) is 0.471. The number of nitrogens with one attached hydrogen (secondary N) is 1. The molecular weight excluding hydrogens is 234 g/mol. The van der Waals surface area contributed by atoms with E-state index in [-0.39, 0.29) is 5.43 Å². The van der Waals surface area contributed by atoms with Gasteiger partial charge in [-0.2, -0.15) is 0 Å². The van der Waals surface area contributed by atoms with Crippen LogP contribution in [0.25, 0.3) is 10.9 Å². The van der Waals surface area contributed by atoms with Crippen molar-refractivity contribution in [3.63, 3.8) is 0 Å². The highest BCUT2D eigenvalue weighted by atomic mass is 16.1. The van der Waals surface area contributed by atoms with E-state index in [1.807, 2.05) is 18.2 Å². The quantitative estimate of drug-likeness (QED) is 0.878. The first-order valence-electron chi connectivity index (χ1n) is 7.44. The molecule has 0 atom stereocenters. The molecule has 19 heavy (non-hydrogen) atoms. The normalized spacial score (nSPS) is 16.3. The summed E-state index contributed by atoms with van der Waals surface area (Å²) in [5, 5.41) is 0.840. The fourth-order valence-corrected chi connectivity index (χ4v) is 3.29. The molecule has 100 valence electrons. The Morgan fingerprint density at radius 2 is 2.05 bits per heavy atom. The van der Waals surface area contributed by atoms with Crippen LogP contribution in [-0.4, -0.2) is 4.98 Å². The Hall–Kier alpha value is -1.57. The lowest BCUT2D eigenvalue weighted by molar-refractivity contribution is 0.700. The molecule has 0 amide bonds. The van der Waals surface area contributed by atoms with Gasteiger partial charge in [0.2, 0.25) is 0 Å². The highest BCUT2D eigenvalue weighted by Gasteiger charge is 2.19. The lowest BCUT2D eigenvalue weighted by Gasteiger charge is -2.12. The Morgan fingerprint density at radius 1 is 1.26 bits per heavy atom. The molecule has 1 aromatic heterocycles. The second-order valence-electron chi connectivity index (χ2n) is 5.66. The van der Waals surface area contributed by atoms with Crippen molar-refractivity contribution < 1.29 is 0 Å². The van der Waals surface area contributed by atoms with Gasteiger partial charge >= 0.3 is 0 Å². The minimum atomic E-state index is 0.175. The van der Waals surface area contributed by atoms with Gasteiger partial charge in [-0.15, -0.1) is 0 Å². The van der Waals surface area contributed by atoms with Crippen LogP contribution in [0.4, 0.5) is 0 Å². The van der Waals surface area contributed by atoms with Gasteiger partial charge in [0.05, 0.1) is 5.52 Å². The van der Waals surface area contributed by atoms with Gasteiger partial charge in [-0.05, 0) is 36.8 Å². The summed E-state index contributed by atoms with van der Waals surface area (Å²) in [7, 11) is 0. The molecule has 0 radical (unpaired) electrons. The zero-order valence-electron chi connectivity index (χ0n) is 11.5. The van der Waals surface area contributed by atoms with Crippen molar-refractivity contribution in [2.24, 2.45) is 0 Å². The summed E-state index contributed by atoms with van der Waals surface area (Å²) < 4.78 is 0. The Bertz CT molecular complexity index is 635. The summed E-state index contributed by atoms with van der Waals surface area (Å²) in [6, 6.07) is 7.90. The molecule has 0 spiro atoms. The van der Waals surface area contributed by atoms with Crippen LogP contribution in [0.1, 0.15) is 56.2 Å². The second kappa shape index (κ2) is 5.20. The van der Waals surface area contributed by atoms with Crippen molar-refractivity contribution in [1.82, 2.24) is 4.98 Å². The van der Waals surface area contributed by atoms with Gasteiger partial charge in [0.15, 0.2) is 5.43 Å². The summed E-state index contributed by atoms with van der Waals surface area (Å²) in [6.45, 7) is 2.18. The molecule has 1 aromatic carbocycles. The van der Waals surface area contributed by atoms with E-state index >= 15 is 0 Å². The number of hydrogen-bond acceptors (Lipinski definition) is 1. The number of aromatic nitrogens is 1. The number of hydrogen-bond donors (Lipinski definition) is 1. The molecule has 1 heterocycles. The Balaban J connectivity index is 2.16. The zero-order valence-corrected chi connectivity index (χ0v) is 11.5. The SMILES string of the molecule is CCCc1cccc2c(=O)cc(C3CCCC3)[nH]c12. The van der Waals surface area contributed by atoms with Crippen molar-refractivity contribution in [3.05, 3.63) is 45.7 Å². The average Bonchev–Trinajstić information content (AvgIpc) is 2.94. The maximum absolute atomic E-state index is 12.3. The molecule has 1 aliphatic rings. The third-order valence-electron chi connectivity index (χ3n) is 4.29. The maximum Gasteiger partial charge on any atom is 0.189 e. The van der Waals surface area contributed by atoms with Gasteiger partial charge in [0, 0.05) is 17.1 Å². The van der Waals surface area contributed by atoms with Crippen LogP contribution in [-0.2, 0) is 6.42 Å². The molecule has 0 aliphatic heterocycles. The number of rotatable bonds is 3. The average molecular weight is 255 g/mol. The standard InChI is InChI=1S/C17H21NO/c1-2-6-13-9-5-10-14-16(19)11-15(18-17(13)14)12-7-3-4-8-12/h5,9-12H,2-4,6-8H2,1H3,(H,18,19). The number of para-hydroxylation sites is 1. The van der Waals surface area contributed by atoms with E-state index < -0.39 is 0 Å². The van der Waals surface area contributed by atoms with Gasteiger partial charge in [0.1, 0.15) is 0 Å². The zero-order chi connectivity index (χ0) is 13.2. The number of aromatic amines is 1. The van der Waals surface area contributed by atoms with Crippen molar-refractivity contribution in [2.75, 3.05) is 0 Å². The van der Waals surface area contributed by atoms with Gasteiger partial charge in [-0.25, -0.2) is 0 Å². The Labute approximate surface area is 113 Å². The molecule has 1 N–H and O–H groups in total. The van der Waals surface area contributed by atoms with Crippen LogP contribution >= 0.6 is 0 Å². The van der Waals surface area contributed by atoms with Crippen LogP contribution in [0.2, 0.25) is 0 Å². The summed E-state index contributed by atoms with van der Waals surface area (Å²) in [5.41, 5.74) is 3.67. The predicted molar refractivity (Wildman–Crippen MR) is 79.8 cm³/mol. The summed E-state index contributed by atoms with van der Waals surface area (Å²) in [5.74, 6) is 0.562. The predicted octanol–water partition coefficient (Wildman–Crippen LogP) is 4.14. The first kappa shape index (κ1) is 12.5. The van der Waals surface area contributed by atoms with E-state index in [1.54, 1.807) is 0 Å². The molecule has 2 nitrogen and oxygen atoms in total. The molecular formula is C17H21NO. The maximum atomic E-state index is 12.3. The lowest BCUT2D eigenvalue weighted by Crippen LogP contribution is -2.08. The van der Waals surface area contributed by atoms with E-state index in [9.17, 15) is 4.79 Å². The fourth-order valence-electron chi connectivity index (χ4n) is 3.29. The van der Waals surface area contributed by atoms with E-state index in [0.717, 1.165) is 29.4 Å². The topological polar surface area (TPSA) is 32.9 Å². The van der Waals surface area contributed by atoms with Gasteiger partial charge < -0.3 is 4.98 Å². The van der Waals surface area contributed by atoms with Crippen LogP contribution in [0.5, 0.6) is 0 Å². The molecule has 0 unspecified atom stereocenters. The first-order chi connectivity index (χ1) is 9.29. The van der Waals surface area contributed by atoms with Crippen molar-refractivity contribution in [1.29, 1.82) is 0 Å². The largest absolute Gasteiger partial charge is 0.358 e. The van der Waals surface area contributed by atoms with Crippen molar-refractivity contribution in [3.8, 4) is 0 Å². The first-order valence-corrected chi connectivity index (χ1v) is 7.44. The highest BCUT2D eigenvalue weighted by Crippen LogP contribution is 2.33. The van der Waals surface area contributed by atoms with Crippen LogP contribution in [0.3, 0.4) is 0 Å². The highest BCUT2D eigenvalue weighted by molar-refractivity contribution is 5.81. The van der Waals surface area contributed by atoms with E-state index in [4.69, 9.17) is 0 Å². The third-order valence-corrected chi connectivity index (χ3v) is 4.29. The lowest BCUT2D eigenvalue weighted by atomic mass is 10.00. The van der Waals surface area contributed by atoms with Crippen LogP contribution < -0.4 is 5.43 Å². The van der Waals surface area contributed by atoms with Gasteiger partial charge in [-0.3, -0.25) is 4.79 Å². The summed E-state index contributed by atoms with van der Waals surface area (Å²) in [6.07, 6.45) is 7.16. The Kier molecular flexibility index (Phi) is 3.41. The molecule has 1 fully saturated rings. The summed E-state index contributed by atoms with van der Waals surface area (Å²) >= 11 is 0. The minimum absolute atomic E-state index is 0.175. The Morgan fingerprint density at radius 3 is 2.79 bits per heavy atom. The molecule has 0 saturated heterocycles. The summed E-state index contributed by atoms with van der Waals surface area (Å²) in [4.78, 5) is 15.9. The molecule has 1 saturated carbocycles. The number of aryl methyl sites for hydroxylation is 1. The molecule has 2 aromatic rings. The van der Waals surface area contributed by atoms with E-state index in [0.29, 0.717) is 5.92 Å². The minimum Gasteiger partial charge on any atom is -0.358 e. The second-order valence-corrected chi connectivity index (χ2v) is 5.66. The van der Waals surface area contributed by atoms with Crippen LogP contribution in [0, 0.1) is 0 Å². The van der Waals surface area contributed by atoms with Crippen molar-refractivity contribution >= 4 is 10.9 Å². The van der Waals surface area contributed by atoms with E-state index in [2.05, 4.69) is 18.0 Å². The number of H-pyrrole nitrogens is 1. The number of benzene rings is 1. The monoisotopic (exact) mass is 255 g/mol. The van der Waals surface area contributed by atoms with Gasteiger partial charge in [0.25, 0.3) is 0 Å². The number of fused-ring (bicyclic) bond motifs is 1. The molecule has 3 rings (SSSR count). The molecule has 0 bridgehead atoms. The molecule has 1 aliphatic carbocycles. The molecule has 2 heteroatoms. The van der Waals surface area contributed by atoms with Crippen molar-refractivity contribution in [2.45, 2.75) is 51.4 Å². The number of pyridine rings is 1.